The number of aryl methyl sites for hydroxylation is 2. The molecule has 0 nitrogen and oxygen atoms in total. The molecule has 0 spiro atoms. The van der Waals surface area contributed by atoms with Crippen molar-refractivity contribution >= 4 is 6.08 Å². The first-order valence-corrected chi connectivity index (χ1v) is 19.2. The first kappa shape index (κ1) is 31.7. The van der Waals surface area contributed by atoms with Gasteiger partial charge in [-0.2, -0.15) is 0 Å². The summed E-state index contributed by atoms with van der Waals surface area (Å²) in [4.78, 5) is 0. The van der Waals surface area contributed by atoms with Crippen LogP contribution in [0.25, 0.3) is 6.08 Å². The molecule has 3 aromatic carbocycles. The summed E-state index contributed by atoms with van der Waals surface area (Å²) in [7, 11) is 0. The molecule has 0 saturated heterocycles. The fraction of sp³-hybridized carbons (Fsp3) is 0.458. The van der Waals surface area contributed by atoms with Gasteiger partial charge in [-0.25, -0.2) is 0 Å². The van der Waals surface area contributed by atoms with Crippen molar-refractivity contribution in [2.75, 3.05) is 0 Å². The Morgan fingerprint density at radius 3 is 2.48 bits per heavy atom. The van der Waals surface area contributed by atoms with Gasteiger partial charge < -0.3 is 0 Å². The first-order chi connectivity index (χ1) is 23.4. The summed E-state index contributed by atoms with van der Waals surface area (Å²) >= 11 is 0. The number of hydrogen-bond donors (Lipinski definition) is 0. The number of benzene rings is 3. The smallest absolute Gasteiger partial charge is 0.00862 e. The summed E-state index contributed by atoms with van der Waals surface area (Å²) in [5.74, 6) is 3.43. The molecule has 6 aliphatic carbocycles. The third-order valence-electron chi connectivity index (χ3n) is 13.4. The van der Waals surface area contributed by atoms with Crippen LogP contribution in [0.2, 0.25) is 0 Å². The molecule has 0 radical (unpaired) electrons. The Hall–Kier alpha value is -3.56. The van der Waals surface area contributed by atoms with Crippen LogP contribution in [0.3, 0.4) is 0 Å². The van der Waals surface area contributed by atoms with Crippen LogP contribution in [-0.2, 0) is 31.1 Å². The lowest BCUT2D eigenvalue weighted by Crippen LogP contribution is -2.64. The molecule has 3 fully saturated rings. The van der Waals surface area contributed by atoms with Gasteiger partial charge in [-0.3, -0.25) is 0 Å². The van der Waals surface area contributed by atoms with Gasteiger partial charge in [0.25, 0.3) is 0 Å². The minimum absolute atomic E-state index is 0.497. The number of unbranched alkanes of at least 4 members (excludes halogenated alkanes) is 2. The van der Waals surface area contributed by atoms with Gasteiger partial charge in [0.05, 0.1) is 0 Å². The molecule has 246 valence electrons. The van der Waals surface area contributed by atoms with E-state index in [0.717, 1.165) is 19.3 Å². The van der Waals surface area contributed by atoms with Gasteiger partial charge in [0.1, 0.15) is 0 Å². The Morgan fingerprint density at radius 1 is 0.854 bits per heavy atom. The van der Waals surface area contributed by atoms with Crippen molar-refractivity contribution in [1.29, 1.82) is 0 Å². The highest BCUT2D eigenvalue weighted by Gasteiger charge is 2.67. The van der Waals surface area contributed by atoms with Gasteiger partial charge in [0.15, 0.2) is 0 Å². The third kappa shape index (κ3) is 5.76. The molecule has 0 heteroatoms. The third-order valence-corrected chi connectivity index (χ3v) is 13.4. The minimum Gasteiger partial charge on any atom is -0.120 e. The van der Waals surface area contributed by atoms with E-state index in [1.54, 1.807) is 50.1 Å². The Bertz CT molecular complexity index is 1860. The second-order valence-corrected chi connectivity index (χ2v) is 16.6. The molecule has 0 aliphatic heterocycles. The first-order valence-electron chi connectivity index (χ1n) is 19.2. The van der Waals surface area contributed by atoms with E-state index >= 15 is 0 Å². The molecule has 48 heavy (non-hydrogen) atoms. The van der Waals surface area contributed by atoms with Crippen molar-refractivity contribution in [3.05, 3.63) is 133 Å². The Balaban J connectivity index is 0.834. The largest absolute Gasteiger partial charge is 0.120 e. The maximum atomic E-state index is 5.49. The molecule has 0 amide bonds. The van der Waals surface area contributed by atoms with Gasteiger partial charge in [-0.15, -0.1) is 12.3 Å². The monoisotopic (exact) mass is 630 g/mol. The average molecular weight is 631 g/mol. The molecular weight excluding hydrogens is 577 g/mol. The molecule has 0 aromatic heterocycles. The minimum atomic E-state index is 0.497. The van der Waals surface area contributed by atoms with E-state index in [0.29, 0.717) is 16.7 Å². The summed E-state index contributed by atoms with van der Waals surface area (Å²) in [5.41, 5.74) is 21.6. The van der Waals surface area contributed by atoms with Crippen LogP contribution < -0.4 is 0 Å². The van der Waals surface area contributed by atoms with Crippen molar-refractivity contribution in [2.24, 2.45) is 5.41 Å². The van der Waals surface area contributed by atoms with Crippen molar-refractivity contribution < 1.29 is 0 Å². The van der Waals surface area contributed by atoms with Gasteiger partial charge >= 0.3 is 0 Å². The van der Waals surface area contributed by atoms with Crippen molar-refractivity contribution in [1.82, 2.24) is 0 Å². The number of terminal acetylenes is 1. The Morgan fingerprint density at radius 2 is 1.67 bits per heavy atom. The van der Waals surface area contributed by atoms with Crippen LogP contribution in [-0.4, -0.2) is 0 Å². The maximum absolute atomic E-state index is 5.49. The Labute approximate surface area is 290 Å². The highest BCUT2D eigenvalue weighted by Crippen LogP contribution is 2.75. The van der Waals surface area contributed by atoms with Crippen LogP contribution in [0, 0.1) is 31.6 Å². The zero-order chi connectivity index (χ0) is 32.9. The zero-order valence-corrected chi connectivity index (χ0v) is 29.8. The molecular formula is C48H54. The Kier molecular flexibility index (Phi) is 8.40. The standard InChI is InChI=1S/C48H54/c1-5-6-11-23-47-30-48(31-47,32-47)43-21-19-37(34(3)25-43)13-7-8-14-38-29-42(24-33(38)2)45-18-12-17-44-35(4)39(20-22-46(44)45)26-36-27-40-15-9-10-16-41(40)28-36/h1,9-10,15-16,19-22,24-25,27,45H,6-8,11-14,17-18,23,26,28-32H2,2-4H3. The zero-order valence-electron chi connectivity index (χ0n) is 29.8. The van der Waals surface area contributed by atoms with Crippen LogP contribution in [0.5, 0.6) is 0 Å². The average Bonchev–Trinajstić information content (AvgIpc) is 3.64. The normalized spacial score (nSPS) is 25.1. The summed E-state index contributed by atoms with van der Waals surface area (Å²) in [5, 5.41) is 0. The highest BCUT2D eigenvalue weighted by atomic mass is 14.7. The SMILES string of the molecule is C#CCCCC12CC(c3ccc(CCCCC4=C(C)C=C(C5CCCc6c5ccc(CC5=Cc7ccccc7C5)c6C)C4)c(C)c3)(C1)C2. The molecule has 0 N–H and O–H groups in total. The maximum Gasteiger partial charge on any atom is 0.00862 e. The van der Waals surface area contributed by atoms with E-state index < -0.39 is 0 Å². The number of fused-ring (bicyclic) bond motifs is 2. The van der Waals surface area contributed by atoms with E-state index in [9.17, 15) is 0 Å². The van der Waals surface area contributed by atoms with E-state index in [1.165, 1.54) is 106 Å². The fourth-order valence-corrected chi connectivity index (χ4v) is 10.8. The predicted octanol–water partition coefficient (Wildman–Crippen LogP) is 12.2. The lowest BCUT2D eigenvalue weighted by atomic mass is 9.32. The lowest BCUT2D eigenvalue weighted by Gasteiger charge is -2.72. The van der Waals surface area contributed by atoms with Crippen molar-refractivity contribution in [3.63, 3.8) is 0 Å². The fourth-order valence-electron chi connectivity index (χ4n) is 10.8. The van der Waals surface area contributed by atoms with Crippen LogP contribution in [0.4, 0.5) is 0 Å². The van der Waals surface area contributed by atoms with Gasteiger partial charge in [0, 0.05) is 12.3 Å². The van der Waals surface area contributed by atoms with Crippen molar-refractivity contribution in [2.45, 2.75) is 135 Å². The molecule has 2 bridgehead atoms. The molecule has 0 heterocycles. The van der Waals surface area contributed by atoms with Gasteiger partial charge in [0.2, 0.25) is 0 Å². The summed E-state index contributed by atoms with van der Waals surface area (Å²) in [6, 6.07) is 21.4. The van der Waals surface area contributed by atoms with E-state index in [1.807, 2.05) is 0 Å². The number of allylic oxidation sites excluding steroid dienone is 5. The van der Waals surface area contributed by atoms with E-state index in [4.69, 9.17) is 6.42 Å². The topological polar surface area (TPSA) is 0 Å². The quantitative estimate of drug-likeness (QED) is 0.138. The van der Waals surface area contributed by atoms with Gasteiger partial charge in [-0.05, 0) is 178 Å². The lowest BCUT2D eigenvalue weighted by molar-refractivity contribution is -0.147. The van der Waals surface area contributed by atoms with E-state index in [-0.39, 0.29) is 0 Å². The number of hydrogen-bond acceptors (Lipinski definition) is 0. The molecule has 3 saturated carbocycles. The van der Waals surface area contributed by atoms with Crippen molar-refractivity contribution in [3.8, 4) is 12.3 Å². The highest BCUT2D eigenvalue weighted by molar-refractivity contribution is 5.64. The van der Waals surface area contributed by atoms with Crippen LogP contribution in [0.15, 0.2) is 83.0 Å². The molecule has 1 atom stereocenters. The van der Waals surface area contributed by atoms with E-state index in [2.05, 4.69) is 93.4 Å². The summed E-state index contributed by atoms with van der Waals surface area (Å²) in [6.07, 6.45) is 30.5. The molecule has 6 aliphatic rings. The summed E-state index contributed by atoms with van der Waals surface area (Å²) < 4.78 is 0. The summed E-state index contributed by atoms with van der Waals surface area (Å²) in [6.45, 7) is 7.13. The van der Waals surface area contributed by atoms with Crippen LogP contribution in [0.1, 0.15) is 140 Å². The molecule has 9 rings (SSSR count). The molecule has 3 aromatic rings. The second kappa shape index (κ2) is 12.7. The van der Waals surface area contributed by atoms with Crippen LogP contribution >= 0.6 is 0 Å². The predicted molar refractivity (Wildman–Crippen MR) is 203 cm³/mol. The number of rotatable bonds is 12. The molecule has 1 unspecified atom stereocenters. The second-order valence-electron chi connectivity index (χ2n) is 16.6. The van der Waals surface area contributed by atoms with Gasteiger partial charge in [-0.1, -0.05) is 89.0 Å².